The van der Waals surface area contributed by atoms with Crippen molar-refractivity contribution in [1.29, 1.82) is 0 Å². The summed E-state index contributed by atoms with van der Waals surface area (Å²) in [6.45, 7) is 10.7. The van der Waals surface area contributed by atoms with Gasteiger partial charge in [-0.1, -0.05) is 19.6 Å². The normalized spacial score (nSPS) is 15.1. The molecular weight excluding hydrogens is 391 g/mol. The van der Waals surface area contributed by atoms with Gasteiger partial charge >= 0.3 is 7.60 Å². The molecule has 158 valence electrons. The minimum atomic E-state index is -3.78. The van der Waals surface area contributed by atoms with Gasteiger partial charge in [-0.2, -0.15) is 0 Å². The number of aliphatic hydroxyl groups is 1. The summed E-state index contributed by atoms with van der Waals surface area (Å²) in [6, 6.07) is 1.04. The second-order valence-electron chi connectivity index (χ2n) is 7.24. The monoisotopic (exact) mass is 424 g/mol. The molecule has 1 N–H and O–H groups in total. The molecule has 0 aliphatic rings. The zero-order valence-electron chi connectivity index (χ0n) is 17.2. The fourth-order valence-electron chi connectivity index (χ4n) is 2.27. The topological polar surface area (TPSA) is 118 Å². The first-order chi connectivity index (χ1) is 12.6. The number of rotatable bonds is 14. The molecule has 0 spiro atoms. The van der Waals surface area contributed by atoms with Crippen LogP contribution in [-0.2, 0) is 36.2 Å². The first-order valence-electron chi connectivity index (χ1n) is 9.05. The van der Waals surface area contributed by atoms with Gasteiger partial charge in [0.25, 0.3) is 0 Å². The summed E-state index contributed by atoms with van der Waals surface area (Å²) in [5.41, 5.74) is 0. The molecule has 1 rings (SSSR count). The molecule has 0 amide bonds. The Morgan fingerprint density at radius 1 is 1.22 bits per heavy atom. The van der Waals surface area contributed by atoms with Gasteiger partial charge in [0.2, 0.25) is 0 Å². The van der Waals surface area contributed by atoms with Crippen LogP contribution in [0.3, 0.4) is 0 Å². The summed E-state index contributed by atoms with van der Waals surface area (Å²) in [5, 5.41) is 20.4. The number of methoxy groups -OCH3 is 1. The van der Waals surface area contributed by atoms with Gasteiger partial charge in [-0.25, -0.2) is 0 Å². The minimum absolute atomic E-state index is 0.0772. The van der Waals surface area contributed by atoms with E-state index in [2.05, 4.69) is 35.1 Å². The molecule has 0 bridgehead atoms. The average Bonchev–Trinajstić information content (AvgIpc) is 3.03. The maximum Gasteiger partial charge on any atom is 0.365 e. The SMILES string of the molecule is CCOP(=O)(OCC)[C@@](CO)(Cc1nnn(COCC[Si](C)(C)C)n1)OC. The fraction of sp³-hybridized carbons (Fsp3) is 0.933. The van der Waals surface area contributed by atoms with Gasteiger partial charge in [0.15, 0.2) is 17.9 Å². The van der Waals surface area contributed by atoms with E-state index in [9.17, 15) is 9.67 Å². The van der Waals surface area contributed by atoms with Gasteiger partial charge in [0.1, 0.15) is 0 Å². The van der Waals surface area contributed by atoms with E-state index in [0.717, 1.165) is 6.04 Å². The molecule has 1 aromatic rings. The molecule has 0 aliphatic heterocycles. The summed E-state index contributed by atoms with van der Waals surface area (Å²) in [4.78, 5) is 1.31. The third-order valence-corrected chi connectivity index (χ3v) is 8.24. The predicted octanol–water partition coefficient (Wildman–Crippen LogP) is 2.13. The van der Waals surface area contributed by atoms with Crippen LogP contribution in [0.15, 0.2) is 0 Å². The summed E-state index contributed by atoms with van der Waals surface area (Å²) in [7, 11) is -3.60. The standard InChI is InChI=1S/C15H33N4O6PSi/c1-7-24-26(21,25-8-2)15(12-20,22-3)11-14-16-18-19(17-14)13-23-9-10-27(4,5)6/h20H,7-13H2,1-6H3/t15-/m1/s1. The van der Waals surface area contributed by atoms with Crippen LogP contribution in [-0.4, -0.2) is 72.3 Å². The van der Waals surface area contributed by atoms with E-state index in [-0.39, 0.29) is 32.2 Å². The number of hydrogen-bond donors (Lipinski definition) is 1. The van der Waals surface area contributed by atoms with Crippen LogP contribution in [0.1, 0.15) is 19.7 Å². The molecule has 1 heterocycles. The highest BCUT2D eigenvalue weighted by atomic mass is 31.2. The largest absolute Gasteiger partial charge is 0.393 e. The second kappa shape index (κ2) is 10.8. The van der Waals surface area contributed by atoms with Gasteiger partial charge in [-0.05, 0) is 25.1 Å². The van der Waals surface area contributed by atoms with Crippen molar-refractivity contribution in [2.24, 2.45) is 0 Å². The number of tetrazole rings is 1. The van der Waals surface area contributed by atoms with E-state index in [1.54, 1.807) is 13.8 Å². The van der Waals surface area contributed by atoms with Crippen molar-refractivity contribution < 1.29 is 28.2 Å². The fourth-order valence-corrected chi connectivity index (χ4v) is 4.99. The Hall–Kier alpha value is -0.683. The van der Waals surface area contributed by atoms with E-state index in [1.165, 1.54) is 11.9 Å². The van der Waals surface area contributed by atoms with Crippen molar-refractivity contribution in [2.75, 3.05) is 33.5 Å². The quantitative estimate of drug-likeness (QED) is 0.272. The van der Waals surface area contributed by atoms with Crippen LogP contribution < -0.4 is 0 Å². The molecule has 0 aromatic carbocycles. The van der Waals surface area contributed by atoms with Crippen LogP contribution in [0.25, 0.3) is 0 Å². The smallest absolute Gasteiger partial charge is 0.365 e. The Morgan fingerprint density at radius 3 is 2.33 bits per heavy atom. The lowest BCUT2D eigenvalue weighted by atomic mass is 10.2. The lowest BCUT2D eigenvalue weighted by Gasteiger charge is -2.35. The van der Waals surface area contributed by atoms with Gasteiger partial charge < -0.3 is 23.6 Å². The van der Waals surface area contributed by atoms with Crippen LogP contribution >= 0.6 is 7.60 Å². The number of aromatic nitrogens is 4. The predicted molar refractivity (Wildman–Crippen MR) is 103 cm³/mol. The molecular formula is C15H33N4O6PSi. The average molecular weight is 425 g/mol. The molecule has 12 heteroatoms. The molecule has 1 atom stereocenters. The molecule has 10 nitrogen and oxygen atoms in total. The van der Waals surface area contributed by atoms with Crippen LogP contribution in [0.5, 0.6) is 0 Å². The van der Waals surface area contributed by atoms with E-state index >= 15 is 0 Å². The summed E-state index contributed by atoms with van der Waals surface area (Å²) < 4.78 is 34.9. The molecule has 1 aromatic heterocycles. The van der Waals surface area contributed by atoms with Crippen molar-refractivity contribution in [3.05, 3.63) is 5.82 Å². The first-order valence-corrected chi connectivity index (χ1v) is 14.3. The van der Waals surface area contributed by atoms with Crippen molar-refractivity contribution in [1.82, 2.24) is 20.2 Å². The lowest BCUT2D eigenvalue weighted by molar-refractivity contribution is -0.0167. The summed E-state index contributed by atoms with van der Waals surface area (Å²) in [5.74, 6) is 0.249. The first kappa shape index (κ1) is 24.4. The van der Waals surface area contributed by atoms with Gasteiger partial charge in [0, 0.05) is 21.8 Å². The van der Waals surface area contributed by atoms with Crippen LogP contribution in [0.2, 0.25) is 25.7 Å². The Kier molecular flexibility index (Phi) is 9.70. The van der Waals surface area contributed by atoms with Crippen molar-refractivity contribution in [3.8, 4) is 0 Å². The van der Waals surface area contributed by atoms with E-state index in [0.29, 0.717) is 6.61 Å². The van der Waals surface area contributed by atoms with Gasteiger partial charge in [-0.3, -0.25) is 4.57 Å². The third-order valence-electron chi connectivity index (χ3n) is 3.86. The van der Waals surface area contributed by atoms with Crippen LogP contribution in [0.4, 0.5) is 0 Å². The zero-order valence-corrected chi connectivity index (χ0v) is 19.1. The molecule has 0 saturated heterocycles. The van der Waals surface area contributed by atoms with E-state index < -0.39 is 27.6 Å². The van der Waals surface area contributed by atoms with Gasteiger partial charge in [0.05, 0.1) is 26.2 Å². The molecule has 0 aliphatic carbocycles. The summed E-state index contributed by atoms with van der Waals surface area (Å²) >= 11 is 0. The van der Waals surface area contributed by atoms with E-state index in [4.69, 9.17) is 18.5 Å². The van der Waals surface area contributed by atoms with E-state index in [1.807, 2.05) is 0 Å². The Bertz CT molecular complexity index is 595. The Balaban J connectivity index is 2.83. The zero-order chi connectivity index (χ0) is 20.6. The number of aliphatic hydroxyl groups excluding tert-OH is 1. The maximum absolute atomic E-state index is 13.2. The van der Waals surface area contributed by atoms with Crippen LogP contribution in [0, 0.1) is 0 Å². The molecule has 0 radical (unpaired) electrons. The highest BCUT2D eigenvalue weighted by Crippen LogP contribution is 2.61. The Morgan fingerprint density at radius 2 is 1.85 bits per heavy atom. The number of ether oxygens (including phenoxy) is 2. The minimum Gasteiger partial charge on any atom is -0.393 e. The molecule has 0 fully saturated rings. The third kappa shape index (κ3) is 7.01. The maximum atomic E-state index is 13.2. The Labute approximate surface area is 162 Å². The second-order valence-corrected chi connectivity index (χ2v) is 15.2. The van der Waals surface area contributed by atoms with Crippen molar-refractivity contribution in [3.63, 3.8) is 0 Å². The highest BCUT2D eigenvalue weighted by molar-refractivity contribution is 7.55. The molecule has 0 unspecified atom stereocenters. The van der Waals surface area contributed by atoms with Crippen molar-refractivity contribution >= 4 is 15.7 Å². The van der Waals surface area contributed by atoms with Gasteiger partial charge in [-0.15, -0.1) is 15.0 Å². The molecule has 0 saturated carbocycles. The number of nitrogens with zero attached hydrogens (tertiary/aromatic N) is 4. The molecule has 27 heavy (non-hydrogen) atoms. The lowest BCUT2D eigenvalue weighted by Crippen LogP contribution is -2.40. The summed E-state index contributed by atoms with van der Waals surface area (Å²) in [6.07, 6.45) is -0.0772. The number of hydrogen-bond acceptors (Lipinski definition) is 9. The highest BCUT2D eigenvalue weighted by Gasteiger charge is 2.52. The van der Waals surface area contributed by atoms with Crippen molar-refractivity contribution in [2.45, 2.75) is 58.0 Å².